The Morgan fingerprint density at radius 3 is 2.37 bits per heavy atom. The SMILES string of the molecule is COc1ccc(NC(=O)c2sc3nc(C)nc(N(C)c4ccc(C(C)C)cc4)c3c2C)c(OC)c1. The number of aromatic nitrogens is 2. The second-order valence-corrected chi connectivity index (χ2v) is 9.66. The monoisotopic (exact) mass is 490 g/mol. The van der Waals surface area contributed by atoms with Gasteiger partial charge in [-0.15, -0.1) is 11.3 Å². The number of aryl methyl sites for hydroxylation is 2. The van der Waals surface area contributed by atoms with Gasteiger partial charge in [0.15, 0.2) is 0 Å². The number of fused-ring (bicyclic) bond motifs is 1. The zero-order valence-corrected chi connectivity index (χ0v) is 21.9. The molecule has 4 aromatic rings. The van der Waals surface area contributed by atoms with E-state index in [1.807, 2.05) is 20.9 Å². The molecule has 35 heavy (non-hydrogen) atoms. The predicted octanol–water partition coefficient (Wildman–Crippen LogP) is 6.47. The van der Waals surface area contributed by atoms with E-state index in [9.17, 15) is 4.79 Å². The van der Waals surface area contributed by atoms with Gasteiger partial charge in [-0.05, 0) is 55.2 Å². The summed E-state index contributed by atoms with van der Waals surface area (Å²) in [4.78, 5) is 26.1. The number of hydrogen-bond donors (Lipinski definition) is 1. The van der Waals surface area contributed by atoms with E-state index in [0.717, 1.165) is 27.3 Å². The lowest BCUT2D eigenvalue weighted by Crippen LogP contribution is -2.14. The van der Waals surface area contributed by atoms with Crippen molar-refractivity contribution in [2.24, 2.45) is 0 Å². The van der Waals surface area contributed by atoms with E-state index in [0.29, 0.717) is 33.8 Å². The highest BCUT2D eigenvalue weighted by atomic mass is 32.1. The predicted molar refractivity (Wildman–Crippen MR) is 143 cm³/mol. The molecular formula is C27H30N4O3S. The van der Waals surface area contributed by atoms with Gasteiger partial charge in [0.25, 0.3) is 5.91 Å². The Morgan fingerprint density at radius 2 is 1.74 bits per heavy atom. The first-order chi connectivity index (χ1) is 16.7. The molecule has 4 rings (SSSR count). The minimum Gasteiger partial charge on any atom is -0.497 e. The molecule has 2 aromatic heterocycles. The van der Waals surface area contributed by atoms with Crippen molar-refractivity contribution >= 4 is 44.7 Å². The van der Waals surface area contributed by atoms with Crippen LogP contribution in [0.4, 0.5) is 17.2 Å². The van der Waals surface area contributed by atoms with Crippen molar-refractivity contribution in [1.82, 2.24) is 9.97 Å². The number of nitrogens with zero attached hydrogens (tertiary/aromatic N) is 3. The van der Waals surface area contributed by atoms with E-state index >= 15 is 0 Å². The molecular weight excluding hydrogens is 460 g/mol. The molecule has 0 bridgehead atoms. The standard InChI is InChI=1S/C27H30N4O3S/c1-15(2)18-8-10-19(11-9-18)31(5)25-23-16(3)24(35-27(23)29-17(4)28-25)26(32)30-21-13-12-20(33-6)14-22(21)34-7/h8-15H,1-7H3,(H,30,32). The lowest BCUT2D eigenvalue weighted by atomic mass is 10.0. The van der Waals surface area contributed by atoms with E-state index in [-0.39, 0.29) is 5.91 Å². The minimum atomic E-state index is -0.221. The Kier molecular flexibility index (Phi) is 6.93. The van der Waals surface area contributed by atoms with Crippen molar-refractivity contribution in [3.8, 4) is 11.5 Å². The second kappa shape index (κ2) is 9.92. The molecule has 2 heterocycles. The lowest BCUT2D eigenvalue weighted by molar-refractivity contribution is 0.102. The summed E-state index contributed by atoms with van der Waals surface area (Å²) in [5.74, 6) is 2.85. The van der Waals surface area contributed by atoms with Crippen LogP contribution in [0, 0.1) is 13.8 Å². The fourth-order valence-corrected chi connectivity index (χ4v) is 5.08. The molecule has 0 aliphatic carbocycles. The van der Waals surface area contributed by atoms with Gasteiger partial charge in [0.05, 0.1) is 30.2 Å². The van der Waals surface area contributed by atoms with Crippen molar-refractivity contribution in [1.29, 1.82) is 0 Å². The Labute approximate surface area is 209 Å². The zero-order chi connectivity index (χ0) is 25.3. The van der Waals surface area contributed by atoms with Crippen LogP contribution in [0.2, 0.25) is 0 Å². The number of amides is 1. The number of carbonyl (C=O) groups excluding carboxylic acids is 1. The molecule has 0 saturated heterocycles. The van der Waals surface area contributed by atoms with E-state index < -0.39 is 0 Å². The number of methoxy groups -OCH3 is 2. The van der Waals surface area contributed by atoms with Gasteiger partial charge in [0, 0.05) is 18.8 Å². The van der Waals surface area contributed by atoms with E-state index in [2.05, 4.69) is 53.3 Å². The fraction of sp³-hybridized carbons (Fsp3) is 0.296. The van der Waals surface area contributed by atoms with Crippen LogP contribution in [0.5, 0.6) is 11.5 Å². The van der Waals surface area contributed by atoms with Gasteiger partial charge in [-0.3, -0.25) is 4.79 Å². The van der Waals surface area contributed by atoms with Crippen molar-refractivity contribution in [3.63, 3.8) is 0 Å². The Balaban J connectivity index is 1.72. The first-order valence-electron chi connectivity index (χ1n) is 11.4. The molecule has 1 amide bonds. The highest BCUT2D eigenvalue weighted by Gasteiger charge is 2.23. The third-order valence-electron chi connectivity index (χ3n) is 6.01. The van der Waals surface area contributed by atoms with Crippen LogP contribution in [-0.4, -0.2) is 37.1 Å². The summed E-state index contributed by atoms with van der Waals surface area (Å²) in [6.07, 6.45) is 0. The number of thiophene rings is 1. The highest BCUT2D eigenvalue weighted by Crippen LogP contribution is 2.38. The molecule has 182 valence electrons. The molecule has 2 aromatic carbocycles. The van der Waals surface area contributed by atoms with Crippen LogP contribution < -0.4 is 19.7 Å². The number of rotatable bonds is 7. The molecule has 7 nitrogen and oxygen atoms in total. The first-order valence-corrected chi connectivity index (χ1v) is 12.2. The lowest BCUT2D eigenvalue weighted by Gasteiger charge is -2.20. The van der Waals surface area contributed by atoms with Crippen molar-refractivity contribution in [3.05, 3.63) is 64.3 Å². The summed E-state index contributed by atoms with van der Waals surface area (Å²) in [6.45, 7) is 8.17. The quantitative estimate of drug-likeness (QED) is 0.320. The summed E-state index contributed by atoms with van der Waals surface area (Å²) in [5, 5.41) is 3.85. The Hall–Kier alpha value is -3.65. The van der Waals surface area contributed by atoms with Crippen LogP contribution in [-0.2, 0) is 0 Å². The molecule has 0 fully saturated rings. The number of benzene rings is 2. The second-order valence-electron chi connectivity index (χ2n) is 8.66. The third-order valence-corrected chi connectivity index (χ3v) is 7.20. The number of anilines is 3. The van der Waals surface area contributed by atoms with Crippen LogP contribution in [0.3, 0.4) is 0 Å². The zero-order valence-electron chi connectivity index (χ0n) is 21.1. The maximum absolute atomic E-state index is 13.3. The highest BCUT2D eigenvalue weighted by molar-refractivity contribution is 7.20. The van der Waals surface area contributed by atoms with Crippen molar-refractivity contribution in [2.45, 2.75) is 33.6 Å². The maximum Gasteiger partial charge on any atom is 0.266 e. The maximum atomic E-state index is 13.3. The Bertz CT molecular complexity index is 1380. The molecule has 0 aliphatic heterocycles. The molecule has 0 saturated carbocycles. The van der Waals surface area contributed by atoms with Crippen LogP contribution in [0.15, 0.2) is 42.5 Å². The Morgan fingerprint density at radius 1 is 1.03 bits per heavy atom. The van der Waals surface area contributed by atoms with E-state index in [1.54, 1.807) is 32.4 Å². The molecule has 8 heteroatoms. The fourth-order valence-electron chi connectivity index (χ4n) is 3.97. The van der Waals surface area contributed by atoms with Gasteiger partial charge in [-0.25, -0.2) is 9.97 Å². The average Bonchev–Trinajstić information content (AvgIpc) is 3.19. The normalized spacial score (nSPS) is 11.1. The smallest absolute Gasteiger partial charge is 0.266 e. The number of hydrogen-bond acceptors (Lipinski definition) is 7. The number of ether oxygens (including phenoxy) is 2. The first kappa shape index (κ1) is 24.5. The van der Waals surface area contributed by atoms with Crippen LogP contribution in [0.25, 0.3) is 10.2 Å². The summed E-state index contributed by atoms with van der Waals surface area (Å²) in [6, 6.07) is 13.8. The van der Waals surface area contributed by atoms with Crippen LogP contribution >= 0.6 is 11.3 Å². The topological polar surface area (TPSA) is 76.6 Å². The summed E-state index contributed by atoms with van der Waals surface area (Å²) >= 11 is 1.36. The van der Waals surface area contributed by atoms with Crippen molar-refractivity contribution in [2.75, 3.05) is 31.5 Å². The largest absolute Gasteiger partial charge is 0.497 e. The molecule has 0 atom stereocenters. The molecule has 0 radical (unpaired) electrons. The number of carbonyl (C=O) groups is 1. The molecule has 0 spiro atoms. The van der Waals surface area contributed by atoms with Gasteiger partial charge in [-0.2, -0.15) is 0 Å². The minimum absolute atomic E-state index is 0.221. The molecule has 0 aliphatic rings. The van der Waals surface area contributed by atoms with E-state index in [1.165, 1.54) is 16.9 Å². The van der Waals surface area contributed by atoms with Crippen molar-refractivity contribution < 1.29 is 14.3 Å². The number of nitrogens with one attached hydrogen (secondary N) is 1. The summed E-state index contributed by atoms with van der Waals surface area (Å²) in [5.41, 5.74) is 3.72. The van der Waals surface area contributed by atoms with Gasteiger partial charge in [-0.1, -0.05) is 26.0 Å². The van der Waals surface area contributed by atoms with E-state index in [4.69, 9.17) is 14.5 Å². The van der Waals surface area contributed by atoms with Crippen LogP contribution in [0.1, 0.15) is 46.4 Å². The average molecular weight is 491 g/mol. The van der Waals surface area contributed by atoms with Gasteiger partial charge in [0.1, 0.15) is 28.0 Å². The van der Waals surface area contributed by atoms with Gasteiger partial charge < -0.3 is 19.7 Å². The molecule has 0 unspecified atom stereocenters. The summed E-state index contributed by atoms with van der Waals surface area (Å²) in [7, 11) is 5.14. The third kappa shape index (κ3) is 4.79. The molecule has 1 N–H and O–H groups in total. The van der Waals surface area contributed by atoms with Gasteiger partial charge in [0.2, 0.25) is 0 Å². The summed E-state index contributed by atoms with van der Waals surface area (Å²) < 4.78 is 10.7. The van der Waals surface area contributed by atoms with Gasteiger partial charge >= 0.3 is 0 Å².